The molecule has 0 aromatic carbocycles. The third-order valence-electron chi connectivity index (χ3n) is 6.01. The molecule has 4 aliphatic rings. The first-order valence-electron chi connectivity index (χ1n) is 9.04. The molecule has 4 aliphatic carbocycles. The first-order valence-corrected chi connectivity index (χ1v) is 9.04. The minimum atomic E-state index is -0.372. The van der Waals surface area contributed by atoms with Crippen molar-refractivity contribution in [2.75, 3.05) is 19.8 Å². The quantitative estimate of drug-likeness (QED) is 0.677. The van der Waals surface area contributed by atoms with Crippen LogP contribution in [0.3, 0.4) is 0 Å². The smallest absolute Gasteiger partial charge is 0.0897 e. The lowest BCUT2D eigenvalue weighted by Crippen LogP contribution is -2.46. The molecule has 0 aliphatic heterocycles. The van der Waals surface area contributed by atoms with E-state index in [4.69, 9.17) is 4.74 Å². The van der Waals surface area contributed by atoms with Gasteiger partial charge in [0.25, 0.3) is 0 Å². The molecule has 0 spiro atoms. The average Bonchev–Trinajstić information content (AvgIpc) is 2.40. The summed E-state index contributed by atoms with van der Waals surface area (Å²) in [5, 5.41) is 13.1. The van der Waals surface area contributed by atoms with Gasteiger partial charge in [0.2, 0.25) is 0 Å². The fraction of sp³-hybridized carbons (Fsp3) is 1.00. The highest BCUT2D eigenvalue weighted by Crippen LogP contribution is 2.61. The lowest BCUT2D eigenvalue weighted by atomic mass is 9.49. The number of hydrogen-bond acceptors (Lipinski definition) is 3. The van der Waals surface area contributed by atoms with Crippen molar-refractivity contribution >= 4 is 0 Å². The average molecular weight is 295 g/mol. The minimum absolute atomic E-state index is 0.372. The molecule has 122 valence electrons. The highest BCUT2D eigenvalue weighted by Gasteiger charge is 2.50. The van der Waals surface area contributed by atoms with E-state index in [0.717, 1.165) is 24.4 Å². The Morgan fingerprint density at radius 1 is 1.10 bits per heavy atom. The maximum Gasteiger partial charge on any atom is 0.0897 e. The number of rotatable bonds is 8. The summed E-state index contributed by atoms with van der Waals surface area (Å²) < 4.78 is 5.78. The number of aliphatic hydroxyl groups excluding tert-OH is 1. The van der Waals surface area contributed by atoms with Gasteiger partial charge in [-0.05, 0) is 68.1 Å². The van der Waals surface area contributed by atoms with Crippen molar-refractivity contribution in [2.24, 2.45) is 23.2 Å². The number of nitrogens with one attached hydrogen (secondary N) is 1. The fourth-order valence-corrected chi connectivity index (χ4v) is 5.53. The summed E-state index contributed by atoms with van der Waals surface area (Å²) in [5.41, 5.74) is 0.607. The highest BCUT2D eigenvalue weighted by molar-refractivity contribution is 5.01. The van der Waals surface area contributed by atoms with Crippen LogP contribution in [0.2, 0.25) is 0 Å². The van der Waals surface area contributed by atoms with E-state index in [-0.39, 0.29) is 6.10 Å². The predicted octanol–water partition coefficient (Wildman–Crippen LogP) is 2.97. The lowest BCUT2D eigenvalue weighted by Gasteiger charge is -2.57. The molecule has 0 saturated heterocycles. The summed E-state index contributed by atoms with van der Waals surface area (Å²) in [6.07, 6.45) is 9.77. The maximum absolute atomic E-state index is 9.87. The Morgan fingerprint density at radius 3 is 2.19 bits per heavy atom. The van der Waals surface area contributed by atoms with Gasteiger partial charge in [0, 0.05) is 19.2 Å². The zero-order valence-electron chi connectivity index (χ0n) is 13.8. The number of hydrogen-bond donors (Lipinski definition) is 2. The van der Waals surface area contributed by atoms with Gasteiger partial charge < -0.3 is 15.2 Å². The van der Waals surface area contributed by atoms with Gasteiger partial charge in [-0.15, -0.1) is 0 Å². The Kier molecular flexibility index (Phi) is 4.92. The molecule has 3 heteroatoms. The molecule has 0 radical (unpaired) electrons. The highest BCUT2D eigenvalue weighted by atomic mass is 16.5. The van der Waals surface area contributed by atoms with Crippen LogP contribution in [0, 0.1) is 23.2 Å². The molecule has 1 atom stereocenters. The number of aliphatic hydroxyl groups is 1. The van der Waals surface area contributed by atoms with Gasteiger partial charge in [0.15, 0.2) is 0 Å². The molecular formula is C18H33NO2. The van der Waals surface area contributed by atoms with Gasteiger partial charge >= 0.3 is 0 Å². The molecule has 1 unspecified atom stereocenters. The van der Waals surface area contributed by atoms with Crippen molar-refractivity contribution in [3.63, 3.8) is 0 Å². The fourth-order valence-electron chi connectivity index (χ4n) is 5.53. The third-order valence-corrected chi connectivity index (χ3v) is 6.01. The van der Waals surface area contributed by atoms with Crippen LogP contribution in [0.1, 0.15) is 58.8 Å². The van der Waals surface area contributed by atoms with Gasteiger partial charge in [-0.2, -0.15) is 0 Å². The first-order chi connectivity index (χ1) is 10.0. The normalized spacial score (nSPS) is 39.1. The molecule has 3 nitrogen and oxygen atoms in total. The molecule has 2 N–H and O–H groups in total. The van der Waals surface area contributed by atoms with E-state index in [1.165, 1.54) is 44.9 Å². The van der Waals surface area contributed by atoms with Crippen LogP contribution in [0.4, 0.5) is 0 Å². The zero-order valence-corrected chi connectivity index (χ0v) is 13.8. The van der Waals surface area contributed by atoms with E-state index in [9.17, 15) is 5.11 Å². The molecule has 0 aromatic rings. The summed E-state index contributed by atoms with van der Waals surface area (Å²) in [5.74, 6) is 3.08. The summed E-state index contributed by atoms with van der Waals surface area (Å²) in [6.45, 7) is 6.15. The molecule has 0 heterocycles. The SMILES string of the molecule is CC(C)NCC(O)COCCC12CC3CC(CC(C3)C1)C2. The van der Waals surface area contributed by atoms with E-state index >= 15 is 0 Å². The Bertz CT molecular complexity index is 307. The second kappa shape index (κ2) is 6.55. The lowest BCUT2D eigenvalue weighted by molar-refractivity contribution is -0.0730. The zero-order chi connectivity index (χ0) is 14.9. The van der Waals surface area contributed by atoms with Crippen molar-refractivity contribution < 1.29 is 9.84 Å². The van der Waals surface area contributed by atoms with Crippen LogP contribution in [0.5, 0.6) is 0 Å². The van der Waals surface area contributed by atoms with Crippen LogP contribution >= 0.6 is 0 Å². The van der Waals surface area contributed by atoms with Crippen LogP contribution < -0.4 is 5.32 Å². The molecule has 4 fully saturated rings. The van der Waals surface area contributed by atoms with Crippen LogP contribution in [0.25, 0.3) is 0 Å². The van der Waals surface area contributed by atoms with Crippen LogP contribution in [-0.4, -0.2) is 37.0 Å². The molecule has 4 saturated carbocycles. The Morgan fingerprint density at radius 2 is 1.67 bits per heavy atom. The monoisotopic (exact) mass is 295 g/mol. The minimum Gasteiger partial charge on any atom is -0.389 e. The van der Waals surface area contributed by atoms with Gasteiger partial charge in [-0.25, -0.2) is 0 Å². The molecular weight excluding hydrogens is 262 g/mol. The molecule has 4 bridgehead atoms. The van der Waals surface area contributed by atoms with Crippen molar-refractivity contribution in [1.29, 1.82) is 0 Å². The van der Waals surface area contributed by atoms with E-state index in [1.807, 2.05) is 0 Å². The standard InChI is InChI=1S/C18H33NO2/c1-13(2)19-11-17(20)12-21-4-3-18-8-14-5-15(9-18)7-16(6-14)10-18/h13-17,19-20H,3-12H2,1-2H3. The molecule has 0 amide bonds. The van der Waals surface area contributed by atoms with Crippen LogP contribution in [0.15, 0.2) is 0 Å². The second-order valence-corrected chi connectivity index (χ2v) is 8.46. The van der Waals surface area contributed by atoms with E-state index in [1.54, 1.807) is 0 Å². The van der Waals surface area contributed by atoms with Crippen LogP contribution in [-0.2, 0) is 4.74 Å². The van der Waals surface area contributed by atoms with Crippen molar-refractivity contribution in [3.8, 4) is 0 Å². The maximum atomic E-state index is 9.87. The molecule has 0 aromatic heterocycles. The van der Waals surface area contributed by atoms with Gasteiger partial charge in [0.1, 0.15) is 0 Å². The van der Waals surface area contributed by atoms with E-state index < -0.39 is 0 Å². The summed E-state index contributed by atoms with van der Waals surface area (Å²) >= 11 is 0. The molecule has 4 rings (SSSR count). The first kappa shape index (κ1) is 15.8. The van der Waals surface area contributed by atoms with Gasteiger partial charge in [-0.1, -0.05) is 13.8 Å². The van der Waals surface area contributed by atoms with E-state index in [0.29, 0.717) is 24.6 Å². The van der Waals surface area contributed by atoms with E-state index in [2.05, 4.69) is 19.2 Å². The Balaban J connectivity index is 1.36. The Labute approximate surface area is 129 Å². The second-order valence-electron chi connectivity index (χ2n) is 8.46. The number of ether oxygens (including phenoxy) is 1. The summed E-state index contributed by atoms with van der Waals surface area (Å²) in [6, 6.07) is 0.423. The third kappa shape index (κ3) is 4.00. The van der Waals surface area contributed by atoms with Crippen molar-refractivity contribution in [3.05, 3.63) is 0 Å². The topological polar surface area (TPSA) is 41.5 Å². The predicted molar refractivity (Wildman–Crippen MR) is 85.2 cm³/mol. The van der Waals surface area contributed by atoms with Crippen molar-refractivity contribution in [2.45, 2.75) is 70.9 Å². The van der Waals surface area contributed by atoms with Crippen molar-refractivity contribution in [1.82, 2.24) is 5.32 Å². The largest absolute Gasteiger partial charge is 0.389 e. The molecule has 21 heavy (non-hydrogen) atoms. The van der Waals surface area contributed by atoms with Gasteiger partial charge in [0.05, 0.1) is 12.7 Å². The Hall–Kier alpha value is -0.120. The van der Waals surface area contributed by atoms with Gasteiger partial charge in [-0.3, -0.25) is 0 Å². The summed E-state index contributed by atoms with van der Waals surface area (Å²) in [7, 11) is 0. The summed E-state index contributed by atoms with van der Waals surface area (Å²) in [4.78, 5) is 0.